The largest absolute Gasteiger partial charge is 0.453 e. The van der Waals surface area contributed by atoms with Gasteiger partial charge in [0.15, 0.2) is 5.75 Å². The zero-order chi connectivity index (χ0) is 13.4. The molecule has 1 aromatic carbocycles. The third kappa shape index (κ3) is 2.23. The first-order valence-corrected chi connectivity index (χ1v) is 6.48. The van der Waals surface area contributed by atoms with Crippen molar-refractivity contribution in [1.29, 1.82) is 0 Å². The predicted octanol–water partition coefficient (Wildman–Crippen LogP) is 2.31. The van der Waals surface area contributed by atoms with Crippen LogP contribution in [-0.2, 0) is 0 Å². The van der Waals surface area contributed by atoms with Crippen LogP contribution < -0.4 is 15.2 Å². The van der Waals surface area contributed by atoms with Crippen molar-refractivity contribution in [1.82, 2.24) is 0 Å². The lowest BCUT2D eigenvalue weighted by Gasteiger charge is -2.26. The molecule has 6 heteroatoms. The molecule has 0 unspecified atom stereocenters. The van der Waals surface area contributed by atoms with Gasteiger partial charge in [-0.15, -0.1) is 0 Å². The van der Waals surface area contributed by atoms with Crippen molar-refractivity contribution < 1.29 is 14.4 Å². The quantitative estimate of drug-likeness (QED) is 0.654. The Morgan fingerprint density at radius 1 is 1.21 bits per heavy atom. The number of benzene rings is 1. The number of hydrogen-bond donors (Lipinski definition) is 1. The molecule has 19 heavy (non-hydrogen) atoms. The molecule has 0 atom stereocenters. The maximum absolute atomic E-state index is 11.1. The lowest BCUT2D eigenvalue weighted by atomic mass is 9.82. The standard InChI is InChI=1S/C13H16N2O4/c14-10-3-1-8(2-4-10)9-5-11(15(16)17)13-12(6-9)18-7-19-13/h5-6,8,10H,1-4,7,14H2. The number of nitrogens with two attached hydrogens (primary N) is 1. The molecule has 0 radical (unpaired) electrons. The van der Waals surface area contributed by atoms with E-state index in [0.717, 1.165) is 31.2 Å². The molecular formula is C13H16N2O4. The van der Waals surface area contributed by atoms with Crippen molar-refractivity contribution in [2.45, 2.75) is 37.6 Å². The van der Waals surface area contributed by atoms with Gasteiger partial charge in [0, 0.05) is 12.1 Å². The molecule has 0 bridgehead atoms. The highest BCUT2D eigenvalue weighted by Gasteiger charge is 2.29. The molecule has 2 N–H and O–H groups in total. The summed E-state index contributed by atoms with van der Waals surface area (Å²) in [6.45, 7) is 0.0508. The number of fused-ring (bicyclic) bond motifs is 1. The van der Waals surface area contributed by atoms with Crippen LogP contribution in [-0.4, -0.2) is 17.8 Å². The molecule has 0 saturated heterocycles. The second kappa shape index (κ2) is 4.70. The Morgan fingerprint density at radius 2 is 1.95 bits per heavy atom. The number of nitro benzene ring substituents is 1. The summed E-state index contributed by atoms with van der Waals surface area (Å²) in [7, 11) is 0. The third-order valence-electron chi connectivity index (χ3n) is 3.92. The monoisotopic (exact) mass is 264 g/mol. The van der Waals surface area contributed by atoms with Crippen LogP contribution in [0.3, 0.4) is 0 Å². The van der Waals surface area contributed by atoms with Gasteiger partial charge in [-0.3, -0.25) is 10.1 Å². The van der Waals surface area contributed by atoms with Crippen LogP contribution in [0.4, 0.5) is 5.69 Å². The van der Waals surface area contributed by atoms with Gasteiger partial charge in [0.25, 0.3) is 0 Å². The number of ether oxygens (including phenoxy) is 2. The molecular weight excluding hydrogens is 248 g/mol. The highest BCUT2D eigenvalue weighted by Crippen LogP contribution is 2.45. The van der Waals surface area contributed by atoms with Crippen molar-refractivity contribution >= 4 is 5.69 Å². The Hall–Kier alpha value is -1.82. The first-order valence-electron chi connectivity index (χ1n) is 6.48. The number of rotatable bonds is 2. The summed E-state index contributed by atoms with van der Waals surface area (Å²) in [4.78, 5) is 10.7. The number of hydrogen-bond acceptors (Lipinski definition) is 5. The maximum atomic E-state index is 11.1. The molecule has 1 aliphatic carbocycles. The molecule has 1 fully saturated rings. The van der Waals surface area contributed by atoms with E-state index >= 15 is 0 Å². The normalized spacial score (nSPS) is 25.3. The smallest absolute Gasteiger partial charge is 0.315 e. The molecule has 6 nitrogen and oxygen atoms in total. The number of nitro groups is 1. The van der Waals surface area contributed by atoms with Crippen LogP contribution in [0.2, 0.25) is 0 Å². The van der Waals surface area contributed by atoms with E-state index < -0.39 is 4.92 Å². The van der Waals surface area contributed by atoms with E-state index in [1.165, 1.54) is 0 Å². The van der Waals surface area contributed by atoms with Gasteiger partial charge in [-0.1, -0.05) is 0 Å². The second-order valence-corrected chi connectivity index (χ2v) is 5.14. The molecule has 0 spiro atoms. The van der Waals surface area contributed by atoms with Crippen molar-refractivity contribution in [3.8, 4) is 11.5 Å². The van der Waals surface area contributed by atoms with Gasteiger partial charge in [0.1, 0.15) is 0 Å². The Morgan fingerprint density at radius 3 is 2.63 bits per heavy atom. The average molecular weight is 264 g/mol. The van der Waals surface area contributed by atoms with E-state index in [1.54, 1.807) is 6.07 Å². The first-order chi connectivity index (χ1) is 9.15. The van der Waals surface area contributed by atoms with E-state index in [4.69, 9.17) is 15.2 Å². The molecule has 1 saturated carbocycles. The van der Waals surface area contributed by atoms with E-state index in [2.05, 4.69) is 0 Å². The Labute approximate surface area is 110 Å². The predicted molar refractivity (Wildman–Crippen MR) is 68.4 cm³/mol. The Kier molecular flexibility index (Phi) is 3.02. The van der Waals surface area contributed by atoms with Gasteiger partial charge in [-0.25, -0.2) is 0 Å². The fourth-order valence-electron chi connectivity index (χ4n) is 2.84. The lowest BCUT2D eigenvalue weighted by Crippen LogP contribution is -2.25. The molecule has 1 aromatic rings. The lowest BCUT2D eigenvalue weighted by molar-refractivity contribution is -0.385. The molecule has 102 valence electrons. The number of nitrogens with zero attached hydrogens (tertiary/aromatic N) is 1. The zero-order valence-corrected chi connectivity index (χ0v) is 10.5. The van der Waals surface area contributed by atoms with E-state index in [1.807, 2.05) is 6.07 Å². The third-order valence-corrected chi connectivity index (χ3v) is 3.92. The topological polar surface area (TPSA) is 87.6 Å². The van der Waals surface area contributed by atoms with Gasteiger partial charge in [0.2, 0.25) is 12.5 Å². The minimum atomic E-state index is -0.411. The van der Waals surface area contributed by atoms with Crippen molar-refractivity contribution in [2.24, 2.45) is 5.73 Å². The van der Waals surface area contributed by atoms with E-state index in [0.29, 0.717) is 11.7 Å². The van der Waals surface area contributed by atoms with Crippen LogP contribution in [0.15, 0.2) is 12.1 Å². The van der Waals surface area contributed by atoms with Crippen LogP contribution in [0.25, 0.3) is 0 Å². The molecule has 3 rings (SSSR count). The van der Waals surface area contributed by atoms with Crippen LogP contribution in [0, 0.1) is 10.1 Å². The summed E-state index contributed by atoms with van der Waals surface area (Å²) in [5, 5.41) is 11.1. The summed E-state index contributed by atoms with van der Waals surface area (Å²) in [6.07, 6.45) is 3.87. The van der Waals surface area contributed by atoms with Crippen LogP contribution in [0.1, 0.15) is 37.2 Å². The van der Waals surface area contributed by atoms with Gasteiger partial charge in [-0.2, -0.15) is 0 Å². The summed E-state index contributed by atoms with van der Waals surface area (Å²) in [6, 6.07) is 3.76. The first kappa shape index (κ1) is 12.2. The SMILES string of the molecule is NC1CCC(c2cc3c(c([N+](=O)[O-])c2)OCO3)CC1. The summed E-state index contributed by atoms with van der Waals surface area (Å²) < 4.78 is 10.5. The fraction of sp³-hybridized carbons (Fsp3) is 0.538. The molecule has 0 amide bonds. The second-order valence-electron chi connectivity index (χ2n) is 5.14. The zero-order valence-electron chi connectivity index (χ0n) is 10.5. The van der Waals surface area contributed by atoms with Crippen LogP contribution in [0.5, 0.6) is 11.5 Å². The average Bonchev–Trinajstić information content (AvgIpc) is 2.86. The van der Waals surface area contributed by atoms with Gasteiger partial charge < -0.3 is 15.2 Å². The molecule has 1 aliphatic heterocycles. The molecule has 2 aliphatic rings. The summed E-state index contributed by atoms with van der Waals surface area (Å²) in [5.74, 6) is 1.06. The Balaban J connectivity index is 1.94. The highest BCUT2D eigenvalue weighted by molar-refractivity contribution is 5.59. The molecule has 1 heterocycles. The van der Waals surface area contributed by atoms with Crippen LogP contribution >= 0.6 is 0 Å². The van der Waals surface area contributed by atoms with E-state index in [9.17, 15) is 10.1 Å². The molecule has 0 aromatic heterocycles. The highest BCUT2D eigenvalue weighted by atomic mass is 16.7. The summed E-state index contributed by atoms with van der Waals surface area (Å²) >= 11 is 0. The minimum Gasteiger partial charge on any atom is -0.453 e. The van der Waals surface area contributed by atoms with Gasteiger partial charge in [0.05, 0.1) is 4.92 Å². The van der Waals surface area contributed by atoms with Gasteiger partial charge >= 0.3 is 5.69 Å². The van der Waals surface area contributed by atoms with Crippen molar-refractivity contribution in [3.05, 3.63) is 27.8 Å². The van der Waals surface area contributed by atoms with Crippen molar-refractivity contribution in [2.75, 3.05) is 6.79 Å². The van der Waals surface area contributed by atoms with E-state index in [-0.39, 0.29) is 24.3 Å². The van der Waals surface area contributed by atoms with Gasteiger partial charge in [-0.05, 0) is 43.2 Å². The van der Waals surface area contributed by atoms with Crippen molar-refractivity contribution in [3.63, 3.8) is 0 Å². The maximum Gasteiger partial charge on any atom is 0.315 e. The minimum absolute atomic E-state index is 0.000119. The fourth-order valence-corrected chi connectivity index (χ4v) is 2.84. The summed E-state index contributed by atoms with van der Waals surface area (Å²) in [5.41, 5.74) is 6.85. The Bertz CT molecular complexity index is 510.